The molecule has 0 saturated carbocycles. The minimum absolute atomic E-state index is 0.186. The van der Waals surface area contributed by atoms with Crippen LogP contribution in [0.4, 0.5) is 0 Å². The van der Waals surface area contributed by atoms with Crippen molar-refractivity contribution in [1.29, 1.82) is 0 Å². The summed E-state index contributed by atoms with van der Waals surface area (Å²) in [5.41, 5.74) is 4.21. The van der Waals surface area contributed by atoms with E-state index < -0.39 is 22.0 Å². The highest BCUT2D eigenvalue weighted by Crippen LogP contribution is 2.29. The fraction of sp³-hybridized carbons (Fsp3) is 0.500. The molecule has 0 radical (unpaired) electrons. The van der Waals surface area contributed by atoms with Crippen molar-refractivity contribution in [2.24, 2.45) is 0 Å². The Labute approximate surface area is 120 Å². The van der Waals surface area contributed by atoms with E-state index >= 15 is 0 Å². The Morgan fingerprint density at radius 1 is 0.950 bits per heavy atom. The molecule has 0 aliphatic heterocycles. The molecule has 0 saturated heterocycles. The van der Waals surface area contributed by atoms with E-state index in [1.807, 2.05) is 20.8 Å². The number of nitrogens with one attached hydrogen (secondary N) is 1. The molecule has 20 heavy (non-hydrogen) atoms. The molecule has 112 valence electrons. The summed E-state index contributed by atoms with van der Waals surface area (Å²) in [4.78, 5) is 11.0. The molecule has 1 atom stereocenters. The topological polar surface area (TPSA) is 83.5 Å². The standard InChI is InChI=1S/C14H21NO4S/c1-7-8(2)10(4)13(11(5)9(7)3)20(18,19)15-12(6)14(16)17/h12,15H,1-6H3,(H,16,17)/t12-/m1/s1. The van der Waals surface area contributed by atoms with Gasteiger partial charge in [-0.1, -0.05) is 0 Å². The summed E-state index contributed by atoms with van der Waals surface area (Å²) in [6, 6.07) is -1.17. The molecule has 1 aromatic carbocycles. The van der Waals surface area contributed by atoms with Crippen LogP contribution in [0.2, 0.25) is 0 Å². The zero-order chi connectivity index (χ0) is 15.8. The van der Waals surface area contributed by atoms with Crippen LogP contribution in [0.15, 0.2) is 4.90 Å². The van der Waals surface area contributed by atoms with Crippen LogP contribution in [0.1, 0.15) is 34.7 Å². The van der Waals surface area contributed by atoms with Crippen molar-refractivity contribution >= 4 is 16.0 Å². The third kappa shape index (κ3) is 2.86. The molecule has 6 heteroatoms. The van der Waals surface area contributed by atoms with Crippen LogP contribution in [-0.2, 0) is 14.8 Å². The van der Waals surface area contributed by atoms with Gasteiger partial charge in [-0.3, -0.25) is 4.79 Å². The summed E-state index contributed by atoms with van der Waals surface area (Å²) >= 11 is 0. The summed E-state index contributed by atoms with van der Waals surface area (Å²) < 4.78 is 27.1. The SMILES string of the molecule is Cc1c(C)c(C)c(S(=O)(=O)N[C@H](C)C(=O)O)c(C)c1C. The molecule has 1 aromatic rings. The molecule has 0 aliphatic carbocycles. The molecule has 0 heterocycles. The van der Waals surface area contributed by atoms with Gasteiger partial charge in [-0.05, 0) is 69.4 Å². The molecule has 0 fully saturated rings. The van der Waals surface area contributed by atoms with Gasteiger partial charge in [-0.15, -0.1) is 0 Å². The van der Waals surface area contributed by atoms with Crippen molar-refractivity contribution in [1.82, 2.24) is 4.72 Å². The predicted molar refractivity (Wildman–Crippen MR) is 77.5 cm³/mol. The largest absolute Gasteiger partial charge is 0.480 e. The van der Waals surface area contributed by atoms with Gasteiger partial charge in [0.25, 0.3) is 0 Å². The Hall–Kier alpha value is -1.40. The normalized spacial score (nSPS) is 13.3. The lowest BCUT2D eigenvalue weighted by atomic mass is 9.95. The van der Waals surface area contributed by atoms with Crippen LogP contribution in [0, 0.1) is 34.6 Å². The van der Waals surface area contributed by atoms with Crippen LogP contribution in [-0.4, -0.2) is 25.5 Å². The Morgan fingerprint density at radius 2 is 1.30 bits per heavy atom. The molecule has 0 amide bonds. The molecule has 5 nitrogen and oxygen atoms in total. The van der Waals surface area contributed by atoms with Crippen molar-refractivity contribution in [2.45, 2.75) is 52.5 Å². The van der Waals surface area contributed by atoms with Crippen molar-refractivity contribution in [3.05, 3.63) is 27.8 Å². The summed E-state index contributed by atoms with van der Waals surface area (Å²) in [5, 5.41) is 8.86. The van der Waals surface area contributed by atoms with E-state index in [4.69, 9.17) is 5.11 Å². The minimum atomic E-state index is -3.86. The van der Waals surface area contributed by atoms with E-state index in [9.17, 15) is 13.2 Å². The molecule has 1 rings (SSSR count). The summed E-state index contributed by atoms with van der Waals surface area (Å²) in [6.45, 7) is 10.5. The van der Waals surface area contributed by atoms with Gasteiger partial charge in [0.05, 0.1) is 4.90 Å². The van der Waals surface area contributed by atoms with Crippen molar-refractivity contribution in [2.75, 3.05) is 0 Å². The smallest absolute Gasteiger partial charge is 0.321 e. The van der Waals surface area contributed by atoms with E-state index in [0.717, 1.165) is 16.7 Å². The third-order valence-electron chi connectivity index (χ3n) is 3.90. The second kappa shape index (κ2) is 5.54. The summed E-state index contributed by atoms with van der Waals surface area (Å²) in [7, 11) is -3.86. The Bertz CT molecular complexity index is 633. The predicted octanol–water partition coefficient (Wildman–Crippen LogP) is 1.98. The molecule has 2 N–H and O–H groups in total. The number of rotatable bonds is 4. The lowest BCUT2D eigenvalue weighted by Gasteiger charge is -2.20. The monoisotopic (exact) mass is 299 g/mol. The van der Waals surface area contributed by atoms with Gasteiger partial charge in [0.15, 0.2) is 0 Å². The molecule has 0 bridgehead atoms. The average Bonchev–Trinajstić information content (AvgIpc) is 2.33. The molecular weight excluding hydrogens is 278 g/mol. The van der Waals surface area contributed by atoms with Gasteiger partial charge < -0.3 is 5.11 Å². The average molecular weight is 299 g/mol. The molecule has 0 unspecified atom stereocenters. The number of aliphatic carboxylic acids is 1. The molecular formula is C14H21NO4S. The van der Waals surface area contributed by atoms with Gasteiger partial charge >= 0.3 is 5.97 Å². The highest BCUT2D eigenvalue weighted by Gasteiger charge is 2.27. The molecule has 0 aliphatic rings. The maximum Gasteiger partial charge on any atom is 0.321 e. The summed E-state index contributed by atoms with van der Waals surface area (Å²) in [5.74, 6) is -1.20. The van der Waals surface area contributed by atoms with E-state index in [1.165, 1.54) is 6.92 Å². The van der Waals surface area contributed by atoms with Crippen LogP contribution < -0.4 is 4.72 Å². The number of carboxylic acids is 1. The van der Waals surface area contributed by atoms with Gasteiger partial charge in [0, 0.05) is 0 Å². The lowest BCUT2D eigenvalue weighted by molar-refractivity contribution is -0.138. The van der Waals surface area contributed by atoms with Gasteiger partial charge in [0.2, 0.25) is 10.0 Å². The number of hydrogen-bond donors (Lipinski definition) is 2. The first-order chi connectivity index (χ1) is 9.00. The number of carbonyl (C=O) groups is 1. The van der Waals surface area contributed by atoms with Crippen molar-refractivity contribution in [3.63, 3.8) is 0 Å². The van der Waals surface area contributed by atoms with E-state index in [1.54, 1.807) is 13.8 Å². The molecule has 0 spiro atoms. The maximum absolute atomic E-state index is 12.4. The number of benzene rings is 1. The second-order valence-electron chi connectivity index (χ2n) is 5.14. The van der Waals surface area contributed by atoms with Gasteiger partial charge in [0.1, 0.15) is 6.04 Å². The third-order valence-corrected chi connectivity index (χ3v) is 5.72. The van der Waals surface area contributed by atoms with Crippen molar-refractivity contribution in [3.8, 4) is 0 Å². The van der Waals surface area contributed by atoms with Crippen LogP contribution in [0.5, 0.6) is 0 Å². The first-order valence-corrected chi connectivity index (χ1v) is 7.81. The maximum atomic E-state index is 12.4. The molecule has 0 aromatic heterocycles. The van der Waals surface area contributed by atoms with Crippen molar-refractivity contribution < 1.29 is 18.3 Å². The Balaban J connectivity index is 3.51. The Morgan fingerprint density at radius 3 is 1.65 bits per heavy atom. The number of hydrogen-bond acceptors (Lipinski definition) is 3. The fourth-order valence-electron chi connectivity index (χ4n) is 2.21. The van der Waals surface area contributed by atoms with Gasteiger partial charge in [-0.2, -0.15) is 4.72 Å². The number of sulfonamides is 1. The first-order valence-electron chi connectivity index (χ1n) is 6.32. The number of carboxylic acid groups (broad SMARTS) is 1. The van der Waals surface area contributed by atoms with E-state index in [2.05, 4.69) is 4.72 Å². The first kappa shape index (κ1) is 16.7. The minimum Gasteiger partial charge on any atom is -0.480 e. The van der Waals surface area contributed by atoms with Crippen LogP contribution in [0.3, 0.4) is 0 Å². The summed E-state index contributed by atoms with van der Waals surface area (Å²) in [6.07, 6.45) is 0. The second-order valence-corrected chi connectivity index (χ2v) is 6.79. The zero-order valence-electron chi connectivity index (χ0n) is 12.7. The van der Waals surface area contributed by atoms with Crippen LogP contribution in [0.25, 0.3) is 0 Å². The highest BCUT2D eigenvalue weighted by molar-refractivity contribution is 7.89. The lowest BCUT2D eigenvalue weighted by Crippen LogP contribution is -2.39. The Kier molecular flexibility index (Phi) is 4.61. The quantitative estimate of drug-likeness (QED) is 0.890. The fourth-order valence-corrected chi connectivity index (χ4v) is 4.01. The van der Waals surface area contributed by atoms with E-state index in [0.29, 0.717) is 11.1 Å². The highest BCUT2D eigenvalue weighted by atomic mass is 32.2. The van der Waals surface area contributed by atoms with E-state index in [-0.39, 0.29) is 4.90 Å². The van der Waals surface area contributed by atoms with Gasteiger partial charge in [-0.25, -0.2) is 8.42 Å². The van der Waals surface area contributed by atoms with Crippen LogP contribution >= 0.6 is 0 Å². The zero-order valence-corrected chi connectivity index (χ0v) is 13.5.